The first kappa shape index (κ1) is 13.6. The lowest BCUT2D eigenvalue weighted by molar-refractivity contribution is 0.102. The van der Waals surface area contributed by atoms with Gasteiger partial charge in [-0.2, -0.15) is 0 Å². The largest absolute Gasteiger partial charge is 0.497 e. The van der Waals surface area contributed by atoms with Crippen molar-refractivity contribution in [2.24, 2.45) is 0 Å². The second kappa shape index (κ2) is 4.71. The molecule has 114 valence electrons. The minimum absolute atomic E-state index is 0.0685. The molecule has 0 saturated carbocycles. The van der Waals surface area contributed by atoms with Gasteiger partial charge in [0.25, 0.3) is 0 Å². The van der Waals surface area contributed by atoms with Gasteiger partial charge in [-0.25, -0.2) is 0 Å². The van der Waals surface area contributed by atoms with Gasteiger partial charge in [-0.1, -0.05) is 0 Å². The molecule has 0 spiro atoms. The molecular weight excluding hydrogens is 296 g/mol. The molecule has 23 heavy (non-hydrogen) atoms. The van der Waals surface area contributed by atoms with Crippen LogP contribution in [0.15, 0.2) is 45.6 Å². The molecule has 0 radical (unpaired) electrons. The van der Waals surface area contributed by atoms with Crippen LogP contribution in [0.3, 0.4) is 0 Å². The Labute approximate surface area is 131 Å². The van der Waals surface area contributed by atoms with E-state index in [1.54, 1.807) is 36.4 Å². The number of methoxy groups -OCH3 is 2. The Kier molecular flexibility index (Phi) is 2.78. The molecule has 0 unspecified atom stereocenters. The first-order valence-corrected chi connectivity index (χ1v) is 7.02. The van der Waals surface area contributed by atoms with Gasteiger partial charge >= 0.3 is 0 Å². The first-order chi connectivity index (χ1) is 11.1. The molecule has 5 heteroatoms. The van der Waals surface area contributed by atoms with Crippen molar-refractivity contribution in [3.05, 3.63) is 57.9 Å². The van der Waals surface area contributed by atoms with Crippen molar-refractivity contribution in [1.82, 2.24) is 0 Å². The Morgan fingerprint density at radius 3 is 2.30 bits per heavy atom. The molecule has 1 aromatic heterocycles. The van der Waals surface area contributed by atoms with E-state index in [-0.39, 0.29) is 17.0 Å². The molecule has 0 atom stereocenters. The molecule has 1 aliphatic carbocycles. The van der Waals surface area contributed by atoms with Crippen molar-refractivity contribution in [3.8, 4) is 22.6 Å². The zero-order chi connectivity index (χ0) is 16.1. The number of ketones is 1. The number of hydrogen-bond donors (Lipinski definition) is 0. The summed E-state index contributed by atoms with van der Waals surface area (Å²) in [5.41, 5.74) is 1.40. The molecule has 5 nitrogen and oxygen atoms in total. The van der Waals surface area contributed by atoms with Crippen molar-refractivity contribution in [3.63, 3.8) is 0 Å². The van der Waals surface area contributed by atoms with Gasteiger partial charge in [0.05, 0.1) is 25.2 Å². The van der Waals surface area contributed by atoms with E-state index in [0.29, 0.717) is 39.2 Å². The van der Waals surface area contributed by atoms with Gasteiger partial charge in [-0.15, -0.1) is 0 Å². The van der Waals surface area contributed by atoms with Gasteiger partial charge < -0.3 is 13.9 Å². The third kappa shape index (κ3) is 1.80. The Morgan fingerprint density at radius 2 is 1.57 bits per heavy atom. The Balaban J connectivity index is 2.09. The fourth-order valence-corrected chi connectivity index (χ4v) is 2.88. The minimum atomic E-state index is -0.292. The quantitative estimate of drug-likeness (QED) is 0.569. The predicted molar refractivity (Wildman–Crippen MR) is 84.5 cm³/mol. The lowest BCUT2D eigenvalue weighted by Crippen LogP contribution is -2.07. The van der Waals surface area contributed by atoms with Gasteiger partial charge in [-0.3, -0.25) is 9.59 Å². The van der Waals surface area contributed by atoms with E-state index in [9.17, 15) is 9.59 Å². The van der Waals surface area contributed by atoms with Crippen LogP contribution in [0.5, 0.6) is 11.5 Å². The lowest BCUT2D eigenvalue weighted by Gasteiger charge is -2.05. The maximum Gasteiger partial charge on any atom is 0.229 e. The average molecular weight is 308 g/mol. The molecule has 4 rings (SSSR count). The number of carbonyl (C=O) groups excluding carboxylic acids is 1. The van der Waals surface area contributed by atoms with Crippen molar-refractivity contribution in [2.45, 2.75) is 0 Å². The maximum absolute atomic E-state index is 12.8. The normalized spacial score (nSPS) is 12.2. The van der Waals surface area contributed by atoms with E-state index in [2.05, 4.69) is 0 Å². The van der Waals surface area contributed by atoms with E-state index in [1.807, 2.05) is 0 Å². The summed E-state index contributed by atoms with van der Waals surface area (Å²) in [6.07, 6.45) is 0. The van der Waals surface area contributed by atoms with E-state index in [0.717, 1.165) is 0 Å². The topological polar surface area (TPSA) is 65.7 Å². The van der Waals surface area contributed by atoms with Gasteiger partial charge in [0.1, 0.15) is 17.1 Å². The lowest BCUT2D eigenvalue weighted by atomic mass is 10.0. The van der Waals surface area contributed by atoms with Gasteiger partial charge in [0, 0.05) is 17.2 Å². The number of fused-ring (bicyclic) bond motifs is 4. The van der Waals surface area contributed by atoms with Crippen LogP contribution in [0.4, 0.5) is 0 Å². The number of carbonyl (C=O) groups is 1. The highest BCUT2D eigenvalue weighted by Gasteiger charge is 2.33. The second-order valence-corrected chi connectivity index (χ2v) is 5.24. The molecule has 0 N–H and O–H groups in total. The maximum atomic E-state index is 12.8. The number of rotatable bonds is 2. The smallest absolute Gasteiger partial charge is 0.229 e. The van der Waals surface area contributed by atoms with Gasteiger partial charge in [0.2, 0.25) is 11.2 Å². The molecule has 0 bridgehead atoms. The molecule has 1 aliphatic rings. The second-order valence-electron chi connectivity index (χ2n) is 5.24. The highest BCUT2D eigenvalue weighted by Crippen LogP contribution is 2.38. The standard InChI is InChI=1S/C18H12O5/c1-21-9-3-5-11-13(7-9)15-16(19)12-6-4-10(22-2)8-14(12)23-18(15)17(11)20/h3-8H,1-2H3. The number of benzene rings is 2. The highest BCUT2D eigenvalue weighted by atomic mass is 16.5. The van der Waals surface area contributed by atoms with Gasteiger partial charge in [-0.05, 0) is 30.3 Å². The van der Waals surface area contributed by atoms with E-state index >= 15 is 0 Å². The molecule has 1 heterocycles. The molecule has 0 fully saturated rings. The molecule has 0 saturated heterocycles. The zero-order valence-electron chi connectivity index (χ0n) is 12.5. The summed E-state index contributed by atoms with van der Waals surface area (Å²) in [5.74, 6) is 0.919. The van der Waals surface area contributed by atoms with Crippen molar-refractivity contribution >= 4 is 16.8 Å². The van der Waals surface area contributed by atoms with E-state index in [1.165, 1.54) is 14.2 Å². The predicted octanol–water partition coefficient (Wildman–Crippen LogP) is 3.02. The van der Waals surface area contributed by atoms with E-state index in [4.69, 9.17) is 13.9 Å². The van der Waals surface area contributed by atoms with Crippen LogP contribution in [0.2, 0.25) is 0 Å². The van der Waals surface area contributed by atoms with Crippen LogP contribution < -0.4 is 14.9 Å². The summed E-state index contributed by atoms with van der Waals surface area (Å²) < 4.78 is 16.0. The summed E-state index contributed by atoms with van der Waals surface area (Å²) in [5, 5.41) is 0.410. The van der Waals surface area contributed by atoms with Crippen LogP contribution in [0.1, 0.15) is 16.1 Å². The number of hydrogen-bond acceptors (Lipinski definition) is 5. The van der Waals surface area contributed by atoms with E-state index < -0.39 is 0 Å². The minimum Gasteiger partial charge on any atom is -0.497 e. The van der Waals surface area contributed by atoms with Crippen LogP contribution in [0, 0.1) is 0 Å². The van der Waals surface area contributed by atoms with Crippen LogP contribution in [0.25, 0.3) is 22.1 Å². The monoisotopic (exact) mass is 308 g/mol. The average Bonchev–Trinajstić information content (AvgIpc) is 2.86. The van der Waals surface area contributed by atoms with Crippen LogP contribution >= 0.6 is 0 Å². The molecular formula is C18H12O5. The van der Waals surface area contributed by atoms with Crippen molar-refractivity contribution in [1.29, 1.82) is 0 Å². The van der Waals surface area contributed by atoms with Crippen LogP contribution in [-0.2, 0) is 0 Å². The molecule has 0 amide bonds. The molecule has 2 aromatic carbocycles. The summed E-state index contributed by atoms with van der Waals surface area (Å²) in [6, 6.07) is 9.96. The van der Waals surface area contributed by atoms with Crippen molar-refractivity contribution in [2.75, 3.05) is 14.2 Å². The highest BCUT2D eigenvalue weighted by molar-refractivity contribution is 6.20. The summed E-state index contributed by atoms with van der Waals surface area (Å²) in [6.45, 7) is 0. The SMILES string of the molecule is COc1ccc2c(c1)-c1c(oc3cc(OC)ccc3c1=O)C2=O. The fraction of sp³-hybridized carbons (Fsp3) is 0.111. The number of ether oxygens (including phenoxy) is 2. The summed E-state index contributed by atoms with van der Waals surface area (Å²) in [7, 11) is 3.06. The Morgan fingerprint density at radius 1 is 0.870 bits per heavy atom. The third-order valence-electron chi connectivity index (χ3n) is 4.05. The van der Waals surface area contributed by atoms with Gasteiger partial charge in [0.15, 0.2) is 5.76 Å². The Hall–Kier alpha value is -3.08. The fourth-order valence-electron chi connectivity index (χ4n) is 2.88. The molecule has 0 aliphatic heterocycles. The summed E-state index contributed by atoms with van der Waals surface area (Å²) in [4.78, 5) is 25.4. The van der Waals surface area contributed by atoms with Crippen molar-refractivity contribution < 1.29 is 18.7 Å². The Bertz CT molecular complexity index is 1030. The first-order valence-electron chi connectivity index (χ1n) is 7.02. The molecule has 3 aromatic rings. The summed E-state index contributed by atoms with van der Waals surface area (Å²) >= 11 is 0. The third-order valence-corrected chi connectivity index (χ3v) is 4.05. The zero-order valence-corrected chi connectivity index (χ0v) is 12.5. The van der Waals surface area contributed by atoms with Crippen LogP contribution in [-0.4, -0.2) is 20.0 Å².